The van der Waals surface area contributed by atoms with Gasteiger partial charge in [0, 0.05) is 10.4 Å². The van der Waals surface area contributed by atoms with E-state index in [1.165, 1.54) is 11.3 Å². The van der Waals surface area contributed by atoms with Gasteiger partial charge >= 0.3 is 5.97 Å². The lowest BCUT2D eigenvalue weighted by Gasteiger charge is -2.18. The number of benzene rings is 3. The summed E-state index contributed by atoms with van der Waals surface area (Å²) in [6.45, 7) is 3.99. The van der Waals surface area contributed by atoms with Gasteiger partial charge in [-0.15, -0.1) is 11.3 Å². The van der Waals surface area contributed by atoms with Gasteiger partial charge in [0.05, 0.1) is 12.5 Å². The molecule has 4 nitrogen and oxygen atoms in total. The lowest BCUT2D eigenvalue weighted by Crippen LogP contribution is -2.23. The third kappa shape index (κ3) is 4.89. The van der Waals surface area contributed by atoms with E-state index in [1.54, 1.807) is 6.92 Å². The van der Waals surface area contributed by atoms with E-state index in [1.807, 2.05) is 97.9 Å². The average Bonchev–Trinajstić information content (AvgIpc) is 3.16. The fourth-order valence-electron chi connectivity index (χ4n) is 3.95. The van der Waals surface area contributed by atoms with Crippen LogP contribution < -0.4 is 5.32 Å². The van der Waals surface area contributed by atoms with E-state index in [0.29, 0.717) is 10.6 Å². The van der Waals surface area contributed by atoms with Gasteiger partial charge in [-0.3, -0.25) is 4.79 Å². The van der Waals surface area contributed by atoms with Crippen molar-refractivity contribution < 1.29 is 14.3 Å². The van der Waals surface area contributed by atoms with Crippen molar-refractivity contribution in [3.63, 3.8) is 0 Å². The maximum absolute atomic E-state index is 13.6. The fourth-order valence-corrected chi connectivity index (χ4v) is 5.02. The Balaban J connectivity index is 1.77. The van der Waals surface area contributed by atoms with Crippen LogP contribution in [0.1, 0.15) is 39.2 Å². The highest BCUT2D eigenvalue weighted by molar-refractivity contribution is 7.17. The first kappa shape index (κ1) is 22.5. The van der Waals surface area contributed by atoms with E-state index in [2.05, 4.69) is 5.32 Å². The minimum absolute atomic E-state index is 0.196. The highest BCUT2D eigenvalue weighted by atomic mass is 32.1. The minimum Gasteiger partial charge on any atom is -0.462 e. The summed E-state index contributed by atoms with van der Waals surface area (Å²) in [5, 5.41) is 3.56. The molecule has 4 rings (SSSR count). The van der Waals surface area contributed by atoms with E-state index in [9.17, 15) is 9.59 Å². The molecule has 0 fully saturated rings. The van der Waals surface area contributed by atoms with Crippen LogP contribution in [-0.4, -0.2) is 18.5 Å². The highest BCUT2D eigenvalue weighted by Gasteiger charge is 2.28. The summed E-state index contributed by atoms with van der Waals surface area (Å²) < 4.78 is 5.37. The standard InChI is InChI=1S/C28H25NO3S/c1-3-32-28(31)25-23(20-13-7-4-8-14-20)19(2)33-27(25)29-26(30)24(21-15-9-5-10-16-21)22-17-11-6-12-18-22/h4-18,24H,3H2,1-2H3,(H,29,30). The van der Waals surface area contributed by atoms with Gasteiger partial charge in [-0.1, -0.05) is 91.0 Å². The molecule has 1 amide bonds. The maximum Gasteiger partial charge on any atom is 0.341 e. The van der Waals surface area contributed by atoms with Crippen LogP contribution in [0.2, 0.25) is 0 Å². The van der Waals surface area contributed by atoms with Crippen molar-refractivity contribution in [2.45, 2.75) is 19.8 Å². The van der Waals surface area contributed by atoms with Gasteiger partial charge in [0.2, 0.25) is 5.91 Å². The Morgan fingerprint density at radius 3 is 1.88 bits per heavy atom. The van der Waals surface area contributed by atoms with Crippen LogP contribution in [0.3, 0.4) is 0 Å². The molecule has 33 heavy (non-hydrogen) atoms. The fraction of sp³-hybridized carbons (Fsp3) is 0.143. The third-order valence-corrected chi connectivity index (χ3v) is 6.41. The first-order chi connectivity index (χ1) is 16.1. The number of aryl methyl sites for hydroxylation is 1. The van der Waals surface area contributed by atoms with Gasteiger partial charge in [-0.05, 0) is 30.5 Å². The highest BCUT2D eigenvalue weighted by Crippen LogP contribution is 2.41. The van der Waals surface area contributed by atoms with Crippen LogP contribution in [-0.2, 0) is 9.53 Å². The van der Waals surface area contributed by atoms with Crippen molar-refractivity contribution in [3.8, 4) is 11.1 Å². The SMILES string of the molecule is CCOC(=O)c1c(NC(=O)C(c2ccccc2)c2ccccc2)sc(C)c1-c1ccccc1. The molecule has 1 aromatic heterocycles. The van der Waals surface area contributed by atoms with Crippen molar-refractivity contribution >= 4 is 28.2 Å². The number of hydrogen-bond acceptors (Lipinski definition) is 4. The number of anilines is 1. The van der Waals surface area contributed by atoms with E-state index >= 15 is 0 Å². The first-order valence-electron chi connectivity index (χ1n) is 10.9. The van der Waals surface area contributed by atoms with Gasteiger partial charge < -0.3 is 10.1 Å². The molecule has 0 radical (unpaired) electrons. The molecule has 0 aliphatic rings. The number of nitrogens with one attached hydrogen (secondary N) is 1. The minimum atomic E-state index is -0.509. The topological polar surface area (TPSA) is 55.4 Å². The van der Waals surface area contributed by atoms with Crippen molar-refractivity contribution in [1.29, 1.82) is 0 Å². The second-order valence-corrected chi connectivity index (χ2v) is 8.79. The Morgan fingerprint density at radius 1 is 0.848 bits per heavy atom. The Kier molecular flexibility index (Phi) is 7.01. The van der Waals surface area contributed by atoms with E-state index < -0.39 is 11.9 Å². The van der Waals surface area contributed by atoms with Crippen LogP contribution in [0, 0.1) is 6.92 Å². The van der Waals surface area contributed by atoms with Gasteiger partial charge in [0.1, 0.15) is 10.6 Å². The Bertz CT molecular complexity index is 1190. The van der Waals surface area contributed by atoms with Gasteiger partial charge in [0.25, 0.3) is 0 Å². The van der Waals surface area contributed by atoms with Crippen molar-refractivity contribution in [3.05, 3.63) is 113 Å². The third-order valence-electron chi connectivity index (χ3n) is 5.39. The molecule has 5 heteroatoms. The monoisotopic (exact) mass is 455 g/mol. The molecule has 1 heterocycles. The molecule has 0 bridgehead atoms. The summed E-state index contributed by atoms with van der Waals surface area (Å²) in [5.41, 5.74) is 3.88. The maximum atomic E-state index is 13.6. The van der Waals surface area contributed by atoms with Crippen LogP contribution in [0.4, 0.5) is 5.00 Å². The molecule has 166 valence electrons. The van der Waals surface area contributed by atoms with Crippen molar-refractivity contribution in [2.24, 2.45) is 0 Å². The number of ether oxygens (including phenoxy) is 1. The first-order valence-corrected chi connectivity index (χ1v) is 11.7. The molecule has 0 saturated heterocycles. The zero-order valence-electron chi connectivity index (χ0n) is 18.6. The van der Waals surface area contributed by atoms with Crippen molar-refractivity contribution in [1.82, 2.24) is 0 Å². The summed E-state index contributed by atoms with van der Waals surface area (Å²) in [7, 11) is 0. The zero-order valence-corrected chi connectivity index (χ0v) is 19.4. The number of hydrogen-bond donors (Lipinski definition) is 1. The number of thiophene rings is 1. The predicted octanol–water partition coefficient (Wildman–Crippen LogP) is 6.67. The number of carbonyl (C=O) groups is 2. The summed E-state index contributed by atoms with van der Waals surface area (Å²) in [5.74, 6) is -1.14. The predicted molar refractivity (Wildman–Crippen MR) is 134 cm³/mol. The van der Waals surface area contributed by atoms with Crippen molar-refractivity contribution in [2.75, 3.05) is 11.9 Å². The van der Waals surface area contributed by atoms with Gasteiger partial charge in [-0.25, -0.2) is 4.79 Å². The largest absolute Gasteiger partial charge is 0.462 e. The molecule has 0 aliphatic heterocycles. The number of esters is 1. The molecule has 1 N–H and O–H groups in total. The molecule has 0 unspecified atom stereocenters. The van der Waals surface area contributed by atoms with Crippen LogP contribution in [0.5, 0.6) is 0 Å². The number of amides is 1. The van der Waals surface area contributed by atoms with Crippen LogP contribution in [0.25, 0.3) is 11.1 Å². The van der Waals surface area contributed by atoms with E-state index in [-0.39, 0.29) is 12.5 Å². The average molecular weight is 456 g/mol. The van der Waals surface area contributed by atoms with Gasteiger partial charge in [0.15, 0.2) is 0 Å². The summed E-state index contributed by atoms with van der Waals surface area (Å²) in [6, 6.07) is 29.0. The summed E-state index contributed by atoms with van der Waals surface area (Å²) in [4.78, 5) is 27.6. The Labute approximate surface area is 197 Å². The second kappa shape index (κ2) is 10.3. The van der Waals surface area contributed by atoms with Crippen LogP contribution in [0.15, 0.2) is 91.0 Å². The Hall–Kier alpha value is -3.70. The molecule has 4 aromatic rings. The van der Waals surface area contributed by atoms with E-state index in [4.69, 9.17) is 4.74 Å². The number of carbonyl (C=O) groups excluding carboxylic acids is 2. The molecule has 0 saturated carbocycles. The Morgan fingerprint density at radius 2 is 1.36 bits per heavy atom. The molecule has 3 aromatic carbocycles. The lowest BCUT2D eigenvalue weighted by molar-refractivity contribution is -0.116. The molecule has 0 atom stereocenters. The summed E-state index contributed by atoms with van der Waals surface area (Å²) >= 11 is 1.39. The normalized spacial score (nSPS) is 10.8. The molecular formula is C28H25NO3S. The van der Waals surface area contributed by atoms with Gasteiger partial charge in [-0.2, -0.15) is 0 Å². The molecule has 0 spiro atoms. The number of rotatable bonds is 7. The molecule has 0 aliphatic carbocycles. The quantitative estimate of drug-likeness (QED) is 0.317. The lowest BCUT2D eigenvalue weighted by atomic mass is 9.90. The summed E-state index contributed by atoms with van der Waals surface area (Å²) in [6.07, 6.45) is 0. The zero-order chi connectivity index (χ0) is 23.2. The van der Waals surface area contributed by atoms with E-state index in [0.717, 1.165) is 27.1 Å². The molecular weight excluding hydrogens is 430 g/mol. The van der Waals surface area contributed by atoms with Crippen LogP contribution >= 0.6 is 11.3 Å². The smallest absolute Gasteiger partial charge is 0.341 e. The second-order valence-electron chi connectivity index (χ2n) is 7.57.